The number of benzene rings is 1. The highest BCUT2D eigenvalue weighted by Gasteiger charge is 2.32. The van der Waals surface area contributed by atoms with Crippen molar-refractivity contribution in [2.45, 2.75) is 33.4 Å². The van der Waals surface area contributed by atoms with Crippen molar-refractivity contribution in [3.8, 4) is 11.3 Å². The van der Waals surface area contributed by atoms with Gasteiger partial charge in [-0.2, -0.15) is 0 Å². The normalized spacial score (nSPS) is 13.2. The molecule has 118 valence electrons. The Kier molecular flexibility index (Phi) is 4.86. The Bertz CT molecular complexity index is 681. The standard InChI is InChI=1S/C16H18FN3O.ClH/c1-3-4-9-19-10-20-14(11(2)18-15(20)16(19)21)12-5-7-13(17)8-6-12;/h5-8H,3-4,9-10H2,1-2H3;1H. The van der Waals surface area contributed by atoms with E-state index in [0.717, 1.165) is 36.3 Å². The molecule has 0 radical (unpaired) electrons. The number of amides is 1. The number of fused-ring (bicyclic) bond motifs is 1. The number of aromatic nitrogens is 2. The van der Waals surface area contributed by atoms with Crippen LogP contribution < -0.4 is 0 Å². The van der Waals surface area contributed by atoms with Gasteiger partial charge in [-0.3, -0.25) is 4.79 Å². The smallest absolute Gasteiger partial charge is 0.291 e. The molecule has 1 aromatic carbocycles. The van der Waals surface area contributed by atoms with Crippen LogP contribution in [0.5, 0.6) is 0 Å². The van der Waals surface area contributed by atoms with Crippen LogP contribution in [0, 0.1) is 12.7 Å². The zero-order valence-electron chi connectivity index (χ0n) is 12.7. The second-order valence-corrected chi connectivity index (χ2v) is 5.37. The number of carbonyl (C=O) groups is 1. The Hall–Kier alpha value is -1.88. The number of carbonyl (C=O) groups excluding carboxylic acids is 1. The van der Waals surface area contributed by atoms with Crippen LogP contribution in [0.2, 0.25) is 0 Å². The maximum absolute atomic E-state index is 13.1. The third kappa shape index (κ3) is 2.73. The number of rotatable bonds is 4. The summed E-state index contributed by atoms with van der Waals surface area (Å²) in [7, 11) is 0. The predicted octanol–water partition coefficient (Wildman–Crippen LogP) is 3.63. The van der Waals surface area contributed by atoms with Crippen molar-refractivity contribution in [3.63, 3.8) is 0 Å². The quantitative estimate of drug-likeness (QED) is 0.861. The van der Waals surface area contributed by atoms with Gasteiger partial charge in [0.1, 0.15) is 5.82 Å². The number of nitrogens with zero attached hydrogens (tertiary/aromatic N) is 3. The van der Waals surface area contributed by atoms with E-state index < -0.39 is 0 Å². The Morgan fingerprint density at radius 3 is 2.59 bits per heavy atom. The van der Waals surface area contributed by atoms with Crippen LogP contribution in [0.1, 0.15) is 36.1 Å². The van der Waals surface area contributed by atoms with Crippen LogP contribution in [0.15, 0.2) is 24.3 Å². The van der Waals surface area contributed by atoms with E-state index in [9.17, 15) is 9.18 Å². The summed E-state index contributed by atoms with van der Waals surface area (Å²) >= 11 is 0. The molecule has 0 saturated carbocycles. The fourth-order valence-electron chi connectivity index (χ4n) is 2.74. The van der Waals surface area contributed by atoms with Crippen molar-refractivity contribution in [2.75, 3.05) is 6.54 Å². The summed E-state index contributed by atoms with van der Waals surface area (Å²) in [5, 5.41) is 0. The lowest BCUT2D eigenvalue weighted by molar-refractivity contribution is 0.0763. The molecule has 0 N–H and O–H groups in total. The second-order valence-electron chi connectivity index (χ2n) is 5.37. The number of imidazole rings is 1. The van der Waals surface area contributed by atoms with Gasteiger partial charge in [0.05, 0.1) is 18.1 Å². The third-order valence-electron chi connectivity index (χ3n) is 3.83. The van der Waals surface area contributed by atoms with Crippen LogP contribution in [-0.4, -0.2) is 26.9 Å². The van der Waals surface area contributed by atoms with Gasteiger partial charge in [-0.1, -0.05) is 13.3 Å². The third-order valence-corrected chi connectivity index (χ3v) is 3.83. The average molecular weight is 324 g/mol. The van der Waals surface area contributed by atoms with E-state index in [-0.39, 0.29) is 24.1 Å². The molecule has 1 aromatic heterocycles. The van der Waals surface area contributed by atoms with Crippen LogP contribution in [0.3, 0.4) is 0 Å². The molecular formula is C16H19ClFN3O. The van der Waals surface area contributed by atoms with Crippen molar-refractivity contribution in [1.29, 1.82) is 0 Å². The van der Waals surface area contributed by atoms with E-state index in [2.05, 4.69) is 11.9 Å². The van der Waals surface area contributed by atoms with Gasteiger partial charge in [0, 0.05) is 12.1 Å². The predicted molar refractivity (Wildman–Crippen MR) is 85.6 cm³/mol. The molecule has 22 heavy (non-hydrogen) atoms. The molecule has 1 amide bonds. The molecule has 1 aliphatic heterocycles. The maximum atomic E-state index is 13.1. The van der Waals surface area contributed by atoms with Crippen molar-refractivity contribution in [1.82, 2.24) is 14.5 Å². The zero-order valence-corrected chi connectivity index (χ0v) is 13.5. The number of hydrogen-bond acceptors (Lipinski definition) is 2. The molecular weight excluding hydrogens is 305 g/mol. The highest BCUT2D eigenvalue weighted by molar-refractivity contribution is 5.94. The summed E-state index contributed by atoms with van der Waals surface area (Å²) < 4.78 is 15.0. The van der Waals surface area contributed by atoms with E-state index in [0.29, 0.717) is 12.5 Å². The van der Waals surface area contributed by atoms with Crippen LogP contribution in [-0.2, 0) is 6.67 Å². The molecule has 0 spiro atoms. The fraction of sp³-hybridized carbons (Fsp3) is 0.375. The van der Waals surface area contributed by atoms with E-state index in [1.165, 1.54) is 12.1 Å². The highest BCUT2D eigenvalue weighted by atomic mass is 35.5. The average Bonchev–Trinajstić information content (AvgIpc) is 2.94. The number of unbranched alkanes of at least 4 members (excludes halogenated alkanes) is 1. The summed E-state index contributed by atoms with van der Waals surface area (Å²) in [6.07, 6.45) is 2.04. The largest absolute Gasteiger partial charge is 0.318 e. The fourth-order valence-corrected chi connectivity index (χ4v) is 2.74. The van der Waals surface area contributed by atoms with Crippen molar-refractivity contribution in [3.05, 3.63) is 41.6 Å². The minimum Gasteiger partial charge on any atom is -0.318 e. The van der Waals surface area contributed by atoms with Gasteiger partial charge in [-0.05, 0) is 37.6 Å². The molecule has 0 aliphatic carbocycles. The minimum atomic E-state index is -0.266. The van der Waals surface area contributed by atoms with Gasteiger partial charge in [0.25, 0.3) is 5.91 Å². The van der Waals surface area contributed by atoms with Gasteiger partial charge in [-0.25, -0.2) is 9.37 Å². The number of halogens is 2. The molecule has 2 heterocycles. The maximum Gasteiger partial charge on any atom is 0.291 e. The molecule has 6 heteroatoms. The molecule has 4 nitrogen and oxygen atoms in total. The summed E-state index contributed by atoms with van der Waals surface area (Å²) in [6.45, 7) is 5.27. The lowest BCUT2D eigenvalue weighted by Gasteiger charge is -2.15. The summed E-state index contributed by atoms with van der Waals surface area (Å²) in [5.41, 5.74) is 2.59. The molecule has 0 fully saturated rings. The molecule has 0 saturated heterocycles. The first-order chi connectivity index (χ1) is 10.1. The van der Waals surface area contributed by atoms with E-state index in [1.807, 2.05) is 16.4 Å². The van der Waals surface area contributed by atoms with Gasteiger partial charge in [-0.15, -0.1) is 12.4 Å². The lowest BCUT2D eigenvalue weighted by Crippen LogP contribution is -2.26. The van der Waals surface area contributed by atoms with Crippen molar-refractivity contribution >= 4 is 18.3 Å². The van der Waals surface area contributed by atoms with E-state index >= 15 is 0 Å². The van der Waals surface area contributed by atoms with E-state index in [4.69, 9.17) is 0 Å². The molecule has 2 aromatic rings. The van der Waals surface area contributed by atoms with Crippen molar-refractivity contribution < 1.29 is 9.18 Å². The Morgan fingerprint density at radius 2 is 1.95 bits per heavy atom. The molecule has 0 bridgehead atoms. The summed E-state index contributed by atoms with van der Waals surface area (Å²) in [4.78, 5) is 18.6. The van der Waals surface area contributed by atoms with Crippen molar-refractivity contribution in [2.24, 2.45) is 0 Å². The molecule has 0 atom stereocenters. The SMILES string of the molecule is CCCCN1Cn2c(nc(C)c2-c2ccc(F)cc2)C1=O.Cl. The number of aryl methyl sites for hydroxylation is 1. The van der Waals surface area contributed by atoms with Crippen LogP contribution >= 0.6 is 12.4 Å². The summed E-state index contributed by atoms with van der Waals surface area (Å²) in [5.74, 6) is 0.209. The summed E-state index contributed by atoms with van der Waals surface area (Å²) in [6, 6.07) is 6.32. The molecule has 0 unspecified atom stereocenters. The highest BCUT2D eigenvalue weighted by Crippen LogP contribution is 2.29. The number of hydrogen-bond donors (Lipinski definition) is 0. The second kappa shape index (κ2) is 6.48. The topological polar surface area (TPSA) is 38.1 Å². The van der Waals surface area contributed by atoms with Crippen LogP contribution in [0.4, 0.5) is 4.39 Å². The first-order valence-electron chi connectivity index (χ1n) is 7.24. The minimum absolute atomic E-state index is 0. The van der Waals surface area contributed by atoms with Gasteiger partial charge >= 0.3 is 0 Å². The van der Waals surface area contributed by atoms with Gasteiger partial charge in [0.15, 0.2) is 0 Å². The Morgan fingerprint density at radius 1 is 1.27 bits per heavy atom. The molecule has 3 rings (SSSR count). The monoisotopic (exact) mass is 323 g/mol. The lowest BCUT2D eigenvalue weighted by atomic mass is 10.1. The van der Waals surface area contributed by atoms with Crippen LogP contribution in [0.25, 0.3) is 11.3 Å². The Balaban J connectivity index is 0.00000176. The first-order valence-corrected chi connectivity index (χ1v) is 7.24. The molecule has 1 aliphatic rings. The zero-order chi connectivity index (χ0) is 15.0. The van der Waals surface area contributed by atoms with Gasteiger partial charge < -0.3 is 9.47 Å². The first kappa shape index (κ1) is 16.5. The van der Waals surface area contributed by atoms with E-state index in [1.54, 1.807) is 12.1 Å². The Labute approximate surface area is 135 Å². The van der Waals surface area contributed by atoms with Gasteiger partial charge in [0.2, 0.25) is 5.82 Å².